The van der Waals surface area contributed by atoms with Gasteiger partial charge in [-0.25, -0.2) is 19.3 Å². The molecule has 2 heterocycles. The number of rotatable bonds is 7. The Bertz CT molecular complexity index is 1050. The molecule has 164 valence electrons. The van der Waals surface area contributed by atoms with Crippen LogP contribution in [0.3, 0.4) is 0 Å². The van der Waals surface area contributed by atoms with Crippen LogP contribution in [0.1, 0.15) is 29.1 Å². The zero-order valence-corrected chi connectivity index (χ0v) is 16.7. The Morgan fingerprint density at radius 3 is 2.58 bits per heavy atom. The van der Waals surface area contributed by atoms with Crippen LogP contribution < -0.4 is 4.74 Å². The van der Waals surface area contributed by atoms with E-state index in [0.717, 1.165) is 23.1 Å². The predicted octanol–water partition coefficient (Wildman–Crippen LogP) is 3.78. The van der Waals surface area contributed by atoms with E-state index in [9.17, 15) is 22.4 Å². The minimum atomic E-state index is -4.97. The van der Waals surface area contributed by atoms with Crippen molar-refractivity contribution in [2.24, 2.45) is 0 Å². The first-order valence-electron chi connectivity index (χ1n) is 8.80. The fourth-order valence-corrected chi connectivity index (χ4v) is 3.06. The highest BCUT2D eigenvalue weighted by Gasteiger charge is 2.32. The first kappa shape index (κ1) is 22.4. The molecular formula is C18H15ClF4N6O2. The number of halogens is 5. The number of carbonyl (C=O) groups excluding carboxylic acids is 1. The lowest BCUT2D eigenvalue weighted by molar-refractivity contribution is -0.274. The summed E-state index contributed by atoms with van der Waals surface area (Å²) >= 11 is 5.85. The van der Waals surface area contributed by atoms with Gasteiger partial charge < -0.3 is 9.64 Å². The number of nitrogens with zero attached hydrogens (tertiary/aromatic N) is 6. The molecule has 0 N–H and O–H groups in total. The van der Waals surface area contributed by atoms with Gasteiger partial charge in [0.05, 0.1) is 12.6 Å². The van der Waals surface area contributed by atoms with Crippen LogP contribution in [0.2, 0.25) is 5.02 Å². The minimum Gasteiger partial charge on any atom is -0.406 e. The summed E-state index contributed by atoms with van der Waals surface area (Å²) < 4.78 is 56.1. The molecule has 1 unspecified atom stereocenters. The van der Waals surface area contributed by atoms with Crippen molar-refractivity contribution < 1.29 is 27.1 Å². The van der Waals surface area contributed by atoms with Crippen LogP contribution in [0, 0.1) is 0 Å². The van der Waals surface area contributed by atoms with Gasteiger partial charge in [0.1, 0.15) is 18.8 Å². The van der Waals surface area contributed by atoms with Crippen LogP contribution >= 0.6 is 11.6 Å². The first-order chi connectivity index (χ1) is 14.7. The van der Waals surface area contributed by atoms with Gasteiger partial charge in [-0.15, -0.1) is 13.2 Å². The number of alkyl halides is 4. The van der Waals surface area contributed by atoms with E-state index < -0.39 is 30.7 Å². The van der Waals surface area contributed by atoms with Crippen LogP contribution in [0.4, 0.5) is 17.6 Å². The van der Waals surface area contributed by atoms with Gasteiger partial charge in [-0.05, 0) is 31.2 Å². The molecule has 8 nitrogen and oxygen atoms in total. The maximum Gasteiger partial charge on any atom is 0.573 e. The molecule has 1 amide bonds. The molecule has 0 aliphatic rings. The maximum absolute atomic E-state index is 13.3. The molecule has 0 aliphatic heterocycles. The Labute approximate surface area is 178 Å². The molecule has 13 heteroatoms. The summed E-state index contributed by atoms with van der Waals surface area (Å²) in [5.74, 6) is -1.04. The Kier molecular flexibility index (Phi) is 6.68. The second-order valence-corrected chi connectivity index (χ2v) is 6.60. The van der Waals surface area contributed by atoms with Crippen LogP contribution in [-0.2, 0) is 0 Å². The van der Waals surface area contributed by atoms with Gasteiger partial charge >= 0.3 is 6.36 Å². The largest absolute Gasteiger partial charge is 0.573 e. The van der Waals surface area contributed by atoms with E-state index in [1.165, 1.54) is 23.4 Å². The molecule has 3 rings (SSSR count). The van der Waals surface area contributed by atoms with Crippen molar-refractivity contribution in [3.05, 3.63) is 59.4 Å². The number of aromatic nitrogens is 5. The topological polar surface area (TPSA) is 86.0 Å². The van der Waals surface area contributed by atoms with Crippen LogP contribution in [0.5, 0.6) is 5.75 Å². The number of ether oxygens (including phenoxy) is 1. The third-order valence-electron chi connectivity index (χ3n) is 4.09. The smallest absolute Gasteiger partial charge is 0.406 e. The summed E-state index contributed by atoms with van der Waals surface area (Å²) in [7, 11) is 0. The Balaban J connectivity index is 1.94. The van der Waals surface area contributed by atoms with Gasteiger partial charge in [0.25, 0.3) is 11.9 Å². The van der Waals surface area contributed by atoms with E-state index in [1.54, 1.807) is 13.0 Å². The SMILES string of the molecule is CC(c1ncnn1-c1ncccn1)N(CCF)C(=O)c1cc(Cl)cc(OC(F)(F)F)c1. The van der Waals surface area contributed by atoms with Crippen molar-refractivity contribution in [1.29, 1.82) is 0 Å². The fourth-order valence-electron chi connectivity index (χ4n) is 2.84. The molecule has 3 aromatic rings. The summed E-state index contributed by atoms with van der Waals surface area (Å²) in [4.78, 5) is 26.4. The highest BCUT2D eigenvalue weighted by molar-refractivity contribution is 6.31. The van der Waals surface area contributed by atoms with E-state index >= 15 is 0 Å². The zero-order valence-electron chi connectivity index (χ0n) is 15.9. The summed E-state index contributed by atoms with van der Waals surface area (Å²) in [6.45, 7) is 0.303. The van der Waals surface area contributed by atoms with Crippen molar-refractivity contribution in [3.8, 4) is 11.7 Å². The van der Waals surface area contributed by atoms with Crippen molar-refractivity contribution in [3.63, 3.8) is 0 Å². The lowest BCUT2D eigenvalue weighted by atomic mass is 10.1. The molecule has 1 aromatic carbocycles. The first-order valence-corrected chi connectivity index (χ1v) is 9.18. The van der Waals surface area contributed by atoms with Gasteiger partial charge in [0.2, 0.25) is 0 Å². The van der Waals surface area contributed by atoms with Crippen LogP contribution in [0.15, 0.2) is 43.0 Å². The Hall–Kier alpha value is -3.28. The summed E-state index contributed by atoms with van der Waals surface area (Å²) in [6, 6.07) is 3.72. The van der Waals surface area contributed by atoms with E-state index in [1.807, 2.05) is 0 Å². The molecule has 0 spiro atoms. The van der Waals surface area contributed by atoms with Crippen molar-refractivity contribution in [1.82, 2.24) is 29.6 Å². The number of amides is 1. The van der Waals surface area contributed by atoms with Crippen molar-refractivity contribution in [2.45, 2.75) is 19.3 Å². The Morgan fingerprint density at radius 2 is 1.94 bits per heavy atom. The van der Waals surface area contributed by atoms with E-state index in [-0.39, 0.29) is 28.9 Å². The predicted molar refractivity (Wildman–Crippen MR) is 101 cm³/mol. The zero-order chi connectivity index (χ0) is 22.6. The maximum atomic E-state index is 13.3. The molecule has 0 saturated heterocycles. The average molecular weight is 459 g/mol. The average Bonchev–Trinajstić information content (AvgIpc) is 3.20. The second kappa shape index (κ2) is 9.25. The highest BCUT2D eigenvalue weighted by atomic mass is 35.5. The summed E-state index contributed by atoms with van der Waals surface area (Å²) in [6.07, 6.45) is -0.786. The number of benzene rings is 1. The number of carbonyl (C=O) groups is 1. The van der Waals surface area contributed by atoms with Gasteiger partial charge in [0, 0.05) is 23.0 Å². The van der Waals surface area contributed by atoms with Crippen LogP contribution in [-0.4, -0.2) is 55.1 Å². The summed E-state index contributed by atoms with van der Waals surface area (Å²) in [5, 5.41) is 3.88. The lowest BCUT2D eigenvalue weighted by Gasteiger charge is -2.28. The number of hydrogen-bond donors (Lipinski definition) is 0. The lowest BCUT2D eigenvalue weighted by Crippen LogP contribution is -2.36. The molecule has 1 atom stereocenters. The third kappa shape index (κ3) is 5.45. The Morgan fingerprint density at radius 1 is 1.23 bits per heavy atom. The standard InChI is InChI=1S/C18H15ClF4N6O2/c1-11(15-26-10-27-29(15)17-24-4-2-5-25-17)28(6-3-20)16(30)12-7-13(19)9-14(8-12)31-18(21,22)23/h2,4-5,7-11H,3,6H2,1H3. The van der Waals surface area contributed by atoms with Gasteiger partial charge in [-0.1, -0.05) is 11.6 Å². The summed E-state index contributed by atoms with van der Waals surface area (Å²) in [5.41, 5.74) is -0.214. The van der Waals surface area contributed by atoms with E-state index in [4.69, 9.17) is 11.6 Å². The molecule has 2 aromatic heterocycles. The van der Waals surface area contributed by atoms with E-state index in [2.05, 4.69) is 24.8 Å². The van der Waals surface area contributed by atoms with Gasteiger partial charge in [0.15, 0.2) is 5.82 Å². The molecule has 0 aliphatic carbocycles. The fraction of sp³-hybridized carbons (Fsp3) is 0.278. The van der Waals surface area contributed by atoms with Crippen molar-refractivity contribution >= 4 is 17.5 Å². The molecule has 0 fully saturated rings. The molecule has 0 bridgehead atoms. The second-order valence-electron chi connectivity index (χ2n) is 6.17. The minimum absolute atomic E-state index is 0.154. The quantitative estimate of drug-likeness (QED) is 0.501. The van der Waals surface area contributed by atoms with Crippen molar-refractivity contribution in [2.75, 3.05) is 13.2 Å². The van der Waals surface area contributed by atoms with Gasteiger partial charge in [-0.3, -0.25) is 4.79 Å². The molecule has 31 heavy (non-hydrogen) atoms. The molecule has 0 saturated carbocycles. The third-order valence-corrected chi connectivity index (χ3v) is 4.31. The molecular weight excluding hydrogens is 444 g/mol. The van der Waals surface area contributed by atoms with Crippen LogP contribution in [0.25, 0.3) is 5.95 Å². The normalized spacial score (nSPS) is 12.5. The number of hydrogen-bond acceptors (Lipinski definition) is 6. The van der Waals surface area contributed by atoms with Gasteiger partial charge in [-0.2, -0.15) is 9.78 Å². The monoisotopic (exact) mass is 458 g/mol. The highest BCUT2D eigenvalue weighted by Crippen LogP contribution is 2.29. The molecule has 0 radical (unpaired) electrons. The van der Waals surface area contributed by atoms with E-state index in [0.29, 0.717) is 0 Å².